The van der Waals surface area contributed by atoms with E-state index in [1.807, 2.05) is 18.7 Å². The van der Waals surface area contributed by atoms with E-state index in [0.29, 0.717) is 29.8 Å². The molecule has 1 atom stereocenters. The van der Waals surface area contributed by atoms with Gasteiger partial charge in [-0.25, -0.2) is 9.97 Å². The van der Waals surface area contributed by atoms with Gasteiger partial charge in [-0.3, -0.25) is 4.79 Å². The van der Waals surface area contributed by atoms with Gasteiger partial charge in [-0.15, -0.1) is 11.3 Å². The Bertz CT molecular complexity index is 705. The van der Waals surface area contributed by atoms with E-state index in [9.17, 15) is 4.79 Å². The first kappa shape index (κ1) is 17.1. The summed E-state index contributed by atoms with van der Waals surface area (Å²) in [5.74, 6) is 1.59. The van der Waals surface area contributed by atoms with Gasteiger partial charge < -0.3 is 9.32 Å². The Balaban J connectivity index is 1.75. The molecule has 0 aromatic carbocycles. The van der Waals surface area contributed by atoms with Gasteiger partial charge in [0, 0.05) is 30.3 Å². The molecule has 1 saturated heterocycles. The zero-order chi connectivity index (χ0) is 17.3. The van der Waals surface area contributed by atoms with Gasteiger partial charge in [0.15, 0.2) is 12.1 Å². The maximum absolute atomic E-state index is 12.9. The van der Waals surface area contributed by atoms with Crippen molar-refractivity contribution in [3.05, 3.63) is 33.9 Å². The SMILES string of the molecule is CC(C)c1csc([C@@H]2CCCN(C(=O)c3ncoc3C(C)C)C2)n1. The minimum Gasteiger partial charge on any atom is -0.447 e. The summed E-state index contributed by atoms with van der Waals surface area (Å²) in [6.07, 6.45) is 3.46. The zero-order valence-corrected chi connectivity index (χ0v) is 15.6. The first-order chi connectivity index (χ1) is 11.5. The Morgan fingerprint density at radius 1 is 1.33 bits per heavy atom. The number of nitrogens with zero attached hydrogens (tertiary/aromatic N) is 3. The molecule has 0 N–H and O–H groups in total. The predicted molar refractivity (Wildman–Crippen MR) is 94.7 cm³/mol. The van der Waals surface area contributed by atoms with Crippen LogP contribution in [0, 0.1) is 0 Å². The maximum atomic E-state index is 12.9. The smallest absolute Gasteiger partial charge is 0.276 e. The number of piperidine rings is 1. The molecule has 0 unspecified atom stereocenters. The Kier molecular flexibility index (Phi) is 5.04. The number of likely N-dealkylation sites (tertiary alicyclic amines) is 1. The van der Waals surface area contributed by atoms with Gasteiger partial charge in [0.2, 0.25) is 0 Å². The molecule has 1 fully saturated rings. The van der Waals surface area contributed by atoms with Crippen molar-refractivity contribution >= 4 is 17.2 Å². The van der Waals surface area contributed by atoms with Crippen LogP contribution in [-0.2, 0) is 0 Å². The molecule has 0 spiro atoms. The summed E-state index contributed by atoms with van der Waals surface area (Å²) in [5.41, 5.74) is 1.62. The van der Waals surface area contributed by atoms with E-state index in [2.05, 4.69) is 24.2 Å². The number of rotatable bonds is 4. The molecular formula is C18H25N3O2S. The van der Waals surface area contributed by atoms with Gasteiger partial charge in [0.25, 0.3) is 5.91 Å². The first-order valence-electron chi connectivity index (χ1n) is 8.65. The third-order valence-electron chi connectivity index (χ3n) is 4.51. The number of hydrogen-bond donors (Lipinski definition) is 0. The highest BCUT2D eigenvalue weighted by Crippen LogP contribution is 2.32. The fourth-order valence-corrected chi connectivity index (χ4v) is 4.20. The van der Waals surface area contributed by atoms with Gasteiger partial charge in [-0.05, 0) is 18.8 Å². The largest absolute Gasteiger partial charge is 0.447 e. The van der Waals surface area contributed by atoms with Crippen molar-refractivity contribution in [2.75, 3.05) is 13.1 Å². The van der Waals surface area contributed by atoms with Gasteiger partial charge in [-0.1, -0.05) is 27.7 Å². The molecule has 130 valence electrons. The van der Waals surface area contributed by atoms with Crippen molar-refractivity contribution in [2.45, 2.75) is 58.3 Å². The lowest BCUT2D eigenvalue weighted by Crippen LogP contribution is -2.39. The molecule has 1 aliphatic rings. The number of hydrogen-bond acceptors (Lipinski definition) is 5. The van der Waals surface area contributed by atoms with Crippen LogP contribution in [0.3, 0.4) is 0 Å². The topological polar surface area (TPSA) is 59.2 Å². The summed E-state index contributed by atoms with van der Waals surface area (Å²) in [6, 6.07) is 0. The van der Waals surface area contributed by atoms with E-state index >= 15 is 0 Å². The van der Waals surface area contributed by atoms with Gasteiger partial charge in [0.05, 0.1) is 10.7 Å². The second-order valence-corrected chi connectivity index (χ2v) is 7.97. The van der Waals surface area contributed by atoms with Crippen molar-refractivity contribution in [3.8, 4) is 0 Å². The Morgan fingerprint density at radius 3 is 2.79 bits per heavy atom. The number of carbonyl (C=O) groups excluding carboxylic acids is 1. The van der Waals surface area contributed by atoms with Crippen LogP contribution in [0.15, 0.2) is 16.2 Å². The third-order valence-corrected chi connectivity index (χ3v) is 5.54. The second-order valence-electron chi connectivity index (χ2n) is 7.08. The predicted octanol–water partition coefficient (Wildman–Crippen LogP) is 4.40. The molecule has 2 aromatic heterocycles. The zero-order valence-electron chi connectivity index (χ0n) is 14.8. The van der Waals surface area contributed by atoms with E-state index in [1.165, 1.54) is 6.39 Å². The lowest BCUT2D eigenvalue weighted by atomic mass is 9.98. The summed E-state index contributed by atoms with van der Waals surface area (Å²) in [4.78, 5) is 23.7. The molecular weight excluding hydrogens is 322 g/mol. The van der Waals surface area contributed by atoms with Crippen LogP contribution >= 0.6 is 11.3 Å². The van der Waals surface area contributed by atoms with Gasteiger partial charge >= 0.3 is 0 Å². The fourth-order valence-electron chi connectivity index (χ4n) is 3.09. The lowest BCUT2D eigenvalue weighted by molar-refractivity contribution is 0.0699. The Hall–Kier alpha value is -1.69. The van der Waals surface area contributed by atoms with Crippen molar-refractivity contribution in [3.63, 3.8) is 0 Å². The maximum Gasteiger partial charge on any atom is 0.276 e. The highest BCUT2D eigenvalue weighted by molar-refractivity contribution is 7.09. The van der Waals surface area contributed by atoms with Crippen LogP contribution in [-0.4, -0.2) is 33.9 Å². The molecule has 1 aliphatic heterocycles. The summed E-state index contributed by atoms with van der Waals surface area (Å²) in [5, 5.41) is 3.30. The number of thiazole rings is 1. The molecule has 3 rings (SSSR count). The van der Waals surface area contributed by atoms with Gasteiger partial charge in [-0.2, -0.15) is 0 Å². The molecule has 1 amide bonds. The van der Waals surface area contributed by atoms with Crippen molar-refractivity contribution in [2.24, 2.45) is 0 Å². The van der Waals surface area contributed by atoms with Crippen LogP contribution in [0.5, 0.6) is 0 Å². The van der Waals surface area contributed by atoms with Crippen molar-refractivity contribution in [1.29, 1.82) is 0 Å². The van der Waals surface area contributed by atoms with E-state index < -0.39 is 0 Å². The van der Waals surface area contributed by atoms with E-state index in [4.69, 9.17) is 9.40 Å². The monoisotopic (exact) mass is 347 g/mol. The quantitative estimate of drug-likeness (QED) is 0.822. The van der Waals surface area contributed by atoms with Crippen molar-refractivity contribution in [1.82, 2.24) is 14.9 Å². The molecule has 0 bridgehead atoms. The third kappa shape index (κ3) is 3.38. The summed E-state index contributed by atoms with van der Waals surface area (Å²) >= 11 is 1.72. The molecule has 3 heterocycles. The summed E-state index contributed by atoms with van der Waals surface area (Å²) in [6.45, 7) is 9.84. The molecule has 0 aliphatic carbocycles. The fraction of sp³-hybridized carbons (Fsp3) is 0.611. The average molecular weight is 347 g/mol. The molecule has 6 heteroatoms. The highest BCUT2D eigenvalue weighted by Gasteiger charge is 2.30. The minimum atomic E-state index is -0.0159. The highest BCUT2D eigenvalue weighted by atomic mass is 32.1. The van der Waals surface area contributed by atoms with Crippen LogP contribution in [0.4, 0.5) is 0 Å². The Morgan fingerprint density at radius 2 is 2.12 bits per heavy atom. The molecule has 2 aromatic rings. The van der Waals surface area contributed by atoms with Crippen LogP contribution < -0.4 is 0 Å². The number of carbonyl (C=O) groups is 1. The van der Waals surface area contributed by atoms with Crippen LogP contribution in [0.25, 0.3) is 0 Å². The van der Waals surface area contributed by atoms with Crippen LogP contribution in [0.1, 0.15) is 85.2 Å². The Labute approximate surface area is 147 Å². The molecule has 0 saturated carbocycles. The second kappa shape index (κ2) is 7.05. The standard InChI is InChI=1S/C18H25N3O2S/c1-11(2)14-9-24-17(20-14)13-6-5-7-21(8-13)18(22)15-16(12(3)4)23-10-19-15/h9-13H,5-8H2,1-4H3/t13-/m1/s1. The van der Waals surface area contributed by atoms with E-state index in [-0.39, 0.29) is 11.8 Å². The number of aromatic nitrogens is 2. The molecule has 0 radical (unpaired) electrons. The number of amides is 1. The lowest BCUT2D eigenvalue weighted by Gasteiger charge is -2.31. The average Bonchev–Trinajstić information content (AvgIpc) is 3.23. The first-order valence-corrected chi connectivity index (χ1v) is 9.53. The summed E-state index contributed by atoms with van der Waals surface area (Å²) in [7, 11) is 0. The van der Waals surface area contributed by atoms with Crippen molar-refractivity contribution < 1.29 is 9.21 Å². The minimum absolute atomic E-state index is 0.0159. The van der Waals surface area contributed by atoms with E-state index in [1.54, 1.807) is 11.3 Å². The molecule has 5 nitrogen and oxygen atoms in total. The number of oxazole rings is 1. The van der Waals surface area contributed by atoms with E-state index in [0.717, 1.165) is 30.1 Å². The summed E-state index contributed by atoms with van der Waals surface area (Å²) < 4.78 is 5.41. The van der Waals surface area contributed by atoms with Gasteiger partial charge in [0.1, 0.15) is 5.76 Å². The molecule has 24 heavy (non-hydrogen) atoms. The normalized spacial score (nSPS) is 18.6. The van der Waals surface area contributed by atoms with Crippen LogP contribution in [0.2, 0.25) is 0 Å².